The van der Waals surface area contributed by atoms with Gasteiger partial charge in [0.05, 0.1) is 12.5 Å². The average molecular weight is 386 g/mol. The highest BCUT2D eigenvalue weighted by Crippen LogP contribution is 2.19. The van der Waals surface area contributed by atoms with E-state index < -0.39 is 26.1 Å². The number of carbonyl (C=O) groups is 2. The van der Waals surface area contributed by atoms with Crippen LogP contribution >= 0.6 is 0 Å². The molecule has 0 aliphatic rings. The van der Waals surface area contributed by atoms with Crippen molar-refractivity contribution < 1.29 is 19.1 Å². The Morgan fingerprint density at radius 3 is 2.15 bits per heavy atom. The largest absolute Gasteiger partial charge is 0.450 e. The maximum Gasteiger partial charge on any atom is 0.407 e. The van der Waals surface area contributed by atoms with Gasteiger partial charge in [0.25, 0.3) is 0 Å². The fourth-order valence-corrected chi connectivity index (χ4v) is 3.10. The van der Waals surface area contributed by atoms with E-state index in [1.165, 1.54) is 0 Å². The molecule has 0 saturated heterocycles. The number of rotatable bonds is 8. The molecular weight excluding hydrogens is 358 g/mol. The van der Waals surface area contributed by atoms with Gasteiger partial charge in [-0.2, -0.15) is 0 Å². The number of benzene rings is 2. The van der Waals surface area contributed by atoms with Crippen LogP contribution in [0.3, 0.4) is 0 Å². The van der Waals surface area contributed by atoms with Gasteiger partial charge in [-0.3, -0.25) is 4.79 Å². The van der Waals surface area contributed by atoms with Crippen LogP contribution in [0.2, 0.25) is 25.7 Å². The second kappa shape index (κ2) is 9.92. The number of carbonyl (C=O) groups excluding carboxylic acids is 2. The van der Waals surface area contributed by atoms with Crippen LogP contribution in [0.25, 0.3) is 0 Å². The van der Waals surface area contributed by atoms with Crippen molar-refractivity contribution in [1.82, 2.24) is 5.32 Å². The van der Waals surface area contributed by atoms with Crippen LogP contribution in [0.4, 0.5) is 4.79 Å². The number of nitrogens with one attached hydrogen (secondary N) is 1. The number of hydrogen-bond donors (Lipinski definition) is 1. The van der Waals surface area contributed by atoms with Crippen molar-refractivity contribution in [1.29, 1.82) is 0 Å². The Morgan fingerprint density at radius 2 is 1.56 bits per heavy atom. The summed E-state index contributed by atoms with van der Waals surface area (Å²) in [4.78, 5) is 24.6. The summed E-state index contributed by atoms with van der Waals surface area (Å²) in [5.74, 6) is -0.563. The monoisotopic (exact) mass is 385 g/mol. The van der Waals surface area contributed by atoms with Crippen molar-refractivity contribution in [2.45, 2.75) is 31.6 Å². The molecule has 0 aromatic heterocycles. The van der Waals surface area contributed by atoms with Gasteiger partial charge in [0.2, 0.25) is 0 Å². The molecule has 0 spiro atoms. The lowest BCUT2D eigenvalue weighted by atomic mass is 9.99. The number of amides is 1. The van der Waals surface area contributed by atoms with E-state index in [-0.39, 0.29) is 6.54 Å². The van der Waals surface area contributed by atoms with E-state index in [0.717, 1.165) is 11.6 Å². The summed E-state index contributed by atoms with van der Waals surface area (Å²) in [5, 5.41) is 2.69. The van der Waals surface area contributed by atoms with Gasteiger partial charge in [0.1, 0.15) is 5.75 Å². The van der Waals surface area contributed by atoms with Crippen LogP contribution in [0, 0.1) is 0 Å². The molecule has 2 aromatic rings. The highest BCUT2D eigenvalue weighted by atomic mass is 28.3. The van der Waals surface area contributed by atoms with E-state index >= 15 is 0 Å². The van der Waals surface area contributed by atoms with Crippen LogP contribution in [-0.4, -0.2) is 33.3 Å². The standard InChI is InChI=1S/C21H27NO4Si/c1-27(2,3)15-14-25-21(24)22-16-19(17-10-6-4-7-11-17)20(23)26-18-12-8-5-9-13-18/h4-13,19H,14-16H2,1-3H3,(H,22,24). The molecule has 0 radical (unpaired) electrons. The van der Waals surface area contributed by atoms with Gasteiger partial charge in [0, 0.05) is 14.6 Å². The zero-order valence-electron chi connectivity index (χ0n) is 16.1. The van der Waals surface area contributed by atoms with E-state index in [1.807, 2.05) is 36.4 Å². The number of esters is 1. The SMILES string of the molecule is C[Si](C)(C)CCOC(=O)NCC(C(=O)Oc1ccccc1)c1ccccc1. The molecule has 0 saturated carbocycles. The molecule has 1 unspecified atom stereocenters. The Labute approximate surface area is 161 Å². The van der Waals surface area contributed by atoms with Crippen molar-refractivity contribution in [3.63, 3.8) is 0 Å². The molecule has 0 aliphatic carbocycles. The van der Waals surface area contributed by atoms with Gasteiger partial charge in [-0.25, -0.2) is 4.79 Å². The maximum atomic E-state index is 12.7. The molecular formula is C21H27NO4Si. The van der Waals surface area contributed by atoms with Gasteiger partial charge in [0.15, 0.2) is 0 Å². The van der Waals surface area contributed by atoms with Gasteiger partial charge in [-0.1, -0.05) is 68.2 Å². The minimum Gasteiger partial charge on any atom is -0.450 e. The molecule has 0 heterocycles. The number of ether oxygens (including phenoxy) is 2. The summed E-state index contributed by atoms with van der Waals surface area (Å²) in [6.07, 6.45) is -0.512. The first-order valence-electron chi connectivity index (χ1n) is 9.07. The molecule has 1 N–H and O–H groups in total. The summed E-state index contributed by atoms with van der Waals surface area (Å²) in [6.45, 7) is 7.17. The summed E-state index contributed by atoms with van der Waals surface area (Å²) in [6, 6.07) is 19.1. The topological polar surface area (TPSA) is 64.6 Å². The van der Waals surface area contributed by atoms with Gasteiger partial charge in [-0.15, -0.1) is 0 Å². The van der Waals surface area contributed by atoms with Crippen molar-refractivity contribution in [3.8, 4) is 5.75 Å². The molecule has 0 fully saturated rings. The Bertz CT molecular complexity index is 729. The van der Waals surface area contributed by atoms with Crippen molar-refractivity contribution >= 4 is 20.1 Å². The third-order valence-corrected chi connectivity index (χ3v) is 5.69. The second-order valence-electron chi connectivity index (χ2n) is 7.52. The first kappa shape index (κ1) is 20.7. The number of alkyl carbamates (subject to hydrolysis) is 1. The molecule has 27 heavy (non-hydrogen) atoms. The van der Waals surface area contributed by atoms with E-state index in [0.29, 0.717) is 12.4 Å². The highest BCUT2D eigenvalue weighted by Gasteiger charge is 2.24. The lowest BCUT2D eigenvalue weighted by Crippen LogP contribution is -2.34. The van der Waals surface area contributed by atoms with E-state index in [2.05, 4.69) is 25.0 Å². The third-order valence-electron chi connectivity index (χ3n) is 3.98. The Hall–Kier alpha value is -2.60. The van der Waals surface area contributed by atoms with Crippen LogP contribution in [0.15, 0.2) is 60.7 Å². The summed E-state index contributed by atoms with van der Waals surface area (Å²) >= 11 is 0. The molecule has 1 amide bonds. The predicted molar refractivity (Wildman–Crippen MR) is 109 cm³/mol. The summed E-state index contributed by atoms with van der Waals surface area (Å²) in [7, 11) is -1.26. The van der Waals surface area contributed by atoms with Crippen LogP contribution in [0.5, 0.6) is 5.75 Å². The van der Waals surface area contributed by atoms with Crippen molar-refractivity contribution in [3.05, 3.63) is 66.2 Å². The Morgan fingerprint density at radius 1 is 0.963 bits per heavy atom. The van der Waals surface area contributed by atoms with Crippen molar-refractivity contribution in [2.75, 3.05) is 13.2 Å². The van der Waals surface area contributed by atoms with E-state index in [1.54, 1.807) is 24.3 Å². The molecule has 0 aliphatic heterocycles. The second-order valence-corrected chi connectivity index (χ2v) is 13.1. The lowest BCUT2D eigenvalue weighted by Gasteiger charge is -2.18. The molecule has 6 heteroatoms. The third kappa shape index (κ3) is 7.66. The molecule has 144 valence electrons. The van der Waals surface area contributed by atoms with Gasteiger partial charge < -0.3 is 14.8 Å². The highest BCUT2D eigenvalue weighted by molar-refractivity contribution is 6.76. The quantitative estimate of drug-likeness (QED) is 0.414. The lowest BCUT2D eigenvalue weighted by molar-refractivity contribution is -0.136. The first-order chi connectivity index (χ1) is 12.8. The van der Waals surface area contributed by atoms with Gasteiger partial charge >= 0.3 is 12.1 Å². The number of hydrogen-bond acceptors (Lipinski definition) is 4. The fourth-order valence-electron chi connectivity index (χ4n) is 2.38. The van der Waals surface area contributed by atoms with Gasteiger partial charge in [-0.05, 0) is 23.7 Å². The van der Waals surface area contributed by atoms with Crippen LogP contribution in [0.1, 0.15) is 11.5 Å². The summed E-state index contributed by atoms with van der Waals surface area (Å²) in [5.41, 5.74) is 0.779. The average Bonchev–Trinajstić information content (AvgIpc) is 2.62. The molecule has 2 aromatic carbocycles. The normalized spacial score (nSPS) is 12.1. The van der Waals surface area contributed by atoms with E-state index in [9.17, 15) is 9.59 Å². The Balaban J connectivity index is 1.97. The van der Waals surface area contributed by atoms with Crippen LogP contribution in [-0.2, 0) is 9.53 Å². The van der Waals surface area contributed by atoms with E-state index in [4.69, 9.17) is 9.47 Å². The zero-order chi connectivity index (χ0) is 19.7. The fraction of sp³-hybridized carbons (Fsp3) is 0.333. The Kier molecular flexibility index (Phi) is 7.61. The van der Waals surface area contributed by atoms with Crippen LogP contribution < -0.4 is 10.1 Å². The molecule has 0 bridgehead atoms. The summed E-state index contributed by atoms with van der Waals surface area (Å²) < 4.78 is 10.7. The molecule has 2 rings (SSSR count). The smallest absolute Gasteiger partial charge is 0.407 e. The molecule has 1 atom stereocenters. The maximum absolute atomic E-state index is 12.7. The minimum absolute atomic E-state index is 0.113. The predicted octanol–water partition coefficient (Wildman–Crippen LogP) is 4.44. The number of para-hydroxylation sites is 1. The molecule has 5 nitrogen and oxygen atoms in total. The minimum atomic E-state index is -1.26. The first-order valence-corrected chi connectivity index (χ1v) is 12.8. The zero-order valence-corrected chi connectivity index (χ0v) is 17.1. The van der Waals surface area contributed by atoms with Crippen molar-refractivity contribution in [2.24, 2.45) is 0 Å².